The van der Waals surface area contributed by atoms with Gasteiger partial charge in [0.25, 0.3) is 0 Å². The second-order valence-electron chi connectivity index (χ2n) is 13.9. The maximum Gasteiger partial charge on any atom is 0.126 e. The number of hydrogen-bond donors (Lipinski definition) is 1. The van der Waals surface area contributed by atoms with E-state index in [1.807, 2.05) is 0 Å². The molecule has 2 nitrogen and oxygen atoms in total. The summed E-state index contributed by atoms with van der Waals surface area (Å²) in [5, 5.41) is 10.8. The van der Waals surface area contributed by atoms with Gasteiger partial charge in [-0.2, -0.15) is 0 Å². The lowest BCUT2D eigenvalue weighted by Crippen LogP contribution is -2.66. The van der Waals surface area contributed by atoms with Crippen molar-refractivity contribution < 1.29 is 9.90 Å². The minimum absolute atomic E-state index is 0.00909. The van der Waals surface area contributed by atoms with E-state index in [0.717, 1.165) is 31.1 Å². The molecule has 1 N–H and O–H groups in total. The summed E-state index contributed by atoms with van der Waals surface area (Å²) in [5.41, 5.74) is 1.11. The molecule has 170 valence electrons. The molecular formula is C28H46O2. The molecule has 2 heteroatoms. The molecule has 0 aliphatic heterocycles. The molecule has 30 heavy (non-hydrogen) atoms. The number of aliphatic hydroxyl groups is 1. The minimum Gasteiger partial charge on any atom is -0.393 e. The third-order valence-corrected chi connectivity index (χ3v) is 13.0. The number of aliphatic hydroxyl groups excluding tert-OH is 1. The summed E-state index contributed by atoms with van der Waals surface area (Å²) < 4.78 is 0. The lowest BCUT2D eigenvalue weighted by molar-refractivity contribution is -0.245. The fourth-order valence-corrected chi connectivity index (χ4v) is 11.2. The van der Waals surface area contributed by atoms with Crippen molar-refractivity contribution >= 4 is 6.29 Å². The summed E-state index contributed by atoms with van der Waals surface area (Å²) in [7, 11) is 0. The van der Waals surface area contributed by atoms with Crippen LogP contribution in [0.2, 0.25) is 0 Å². The number of carbonyl (C=O) groups is 1. The first kappa shape index (κ1) is 21.5. The molecule has 0 amide bonds. The Balaban J connectivity index is 1.55. The van der Waals surface area contributed by atoms with Gasteiger partial charge in [-0.3, -0.25) is 0 Å². The van der Waals surface area contributed by atoms with Crippen LogP contribution in [0.1, 0.15) is 106 Å². The van der Waals surface area contributed by atoms with Crippen LogP contribution in [0.4, 0.5) is 0 Å². The van der Waals surface area contributed by atoms with E-state index in [1.54, 1.807) is 0 Å². The zero-order valence-electron chi connectivity index (χ0n) is 20.5. The van der Waals surface area contributed by atoms with Crippen LogP contribution < -0.4 is 0 Å². The average molecular weight is 415 g/mol. The summed E-state index contributed by atoms with van der Waals surface area (Å²) in [6.45, 7) is 15.0. The number of carbonyl (C=O) groups excluding carboxylic acids is 1. The molecule has 5 aliphatic rings. The monoisotopic (exact) mass is 414 g/mol. The number of fused-ring (bicyclic) bond motifs is 7. The van der Waals surface area contributed by atoms with Crippen LogP contribution in [0.25, 0.3) is 0 Å². The summed E-state index contributed by atoms with van der Waals surface area (Å²) in [4.78, 5) is 12.4. The topological polar surface area (TPSA) is 37.3 Å². The summed E-state index contributed by atoms with van der Waals surface area (Å²) in [5.74, 6) is 3.43. The van der Waals surface area contributed by atoms with Crippen LogP contribution >= 0.6 is 0 Å². The number of rotatable bonds is 1. The van der Waals surface area contributed by atoms with Crippen LogP contribution in [0.3, 0.4) is 0 Å². The van der Waals surface area contributed by atoms with Crippen molar-refractivity contribution in [2.24, 2.45) is 56.7 Å². The Morgan fingerprint density at radius 2 is 1.50 bits per heavy atom. The van der Waals surface area contributed by atoms with Gasteiger partial charge in [0.05, 0.1) is 6.10 Å². The highest BCUT2D eigenvalue weighted by Crippen LogP contribution is 2.77. The SMILES string of the molecule is C[C@@H]1CC[C@]2(C=O)CC[C@]3(C)[C@H](CCC4[C@@]5(C)CC[C@H](O)C(C)(C)C5CC[C@]43C)C12. The Morgan fingerprint density at radius 3 is 2.20 bits per heavy atom. The normalized spacial score (nSPS) is 59.4. The fourth-order valence-electron chi connectivity index (χ4n) is 11.2. The Bertz CT molecular complexity index is 728. The predicted octanol–water partition coefficient (Wildman–Crippen LogP) is 6.65. The van der Waals surface area contributed by atoms with Gasteiger partial charge in [0.15, 0.2) is 0 Å². The molecule has 3 unspecified atom stereocenters. The minimum atomic E-state index is -0.144. The molecule has 5 rings (SSSR count). The second-order valence-corrected chi connectivity index (χ2v) is 13.9. The smallest absolute Gasteiger partial charge is 0.126 e. The first-order chi connectivity index (χ1) is 14.0. The summed E-state index contributed by atoms with van der Waals surface area (Å²) >= 11 is 0. The van der Waals surface area contributed by atoms with Crippen LogP contribution in [0.15, 0.2) is 0 Å². The predicted molar refractivity (Wildman–Crippen MR) is 122 cm³/mol. The van der Waals surface area contributed by atoms with Crippen molar-refractivity contribution in [3.05, 3.63) is 0 Å². The van der Waals surface area contributed by atoms with Crippen molar-refractivity contribution in [3.8, 4) is 0 Å². The first-order valence-electron chi connectivity index (χ1n) is 13.1. The standard InChI is InChI=1S/C28H46O2/c1-18-9-14-28(17-29)16-15-26(5)19(23(18)28)7-8-21-25(4)12-11-22(30)24(2,3)20(25)10-13-27(21,26)6/h17-23,30H,7-16H2,1-6H3/t18-,19-,20?,21?,22+,23?,25+,26-,27-,28-/m1/s1. The highest BCUT2D eigenvalue weighted by atomic mass is 16.3. The van der Waals surface area contributed by atoms with Crippen molar-refractivity contribution in [2.75, 3.05) is 0 Å². The van der Waals surface area contributed by atoms with Gasteiger partial charge in [0.1, 0.15) is 6.29 Å². The molecule has 5 saturated carbocycles. The van der Waals surface area contributed by atoms with Crippen LogP contribution in [0, 0.1) is 56.7 Å². The molecule has 5 fully saturated rings. The Labute approximate surface area is 185 Å². The van der Waals surface area contributed by atoms with E-state index in [2.05, 4.69) is 41.5 Å². The van der Waals surface area contributed by atoms with E-state index in [9.17, 15) is 9.90 Å². The molecule has 0 bridgehead atoms. The van der Waals surface area contributed by atoms with Crippen molar-refractivity contribution in [1.29, 1.82) is 0 Å². The van der Waals surface area contributed by atoms with Crippen molar-refractivity contribution in [2.45, 2.75) is 112 Å². The van der Waals surface area contributed by atoms with E-state index in [0.29, 0.717) is 34.0 Å². The van der Waals surface area contributed by atoms with E-state index in [1.165, 1.54) is 51.2 Å². The maximum atomic E-state index is 12.4. The van der Waals surface area contributed by atoms with Gasteiger partial charge in [0, 0.05) is 5.41 Å². The average Bonchev–Trinajstić information content (AvgIpc) is 3.03. The fraction of sp³-hybridized carbons (Fsp3) is 0.964. The molecule has 0 aromatic rings. The summed E-state index contributed by atoms with van der Waals surface area (Å²) in [6, 6.07) is 0. The number of aldehydes is 1. The Hall–Kier alpha value is -0.370. The van der Waals surface area contributed by atoms with E-state index < -0.39 is 0 Å². The van der Waals surface area contributed by atoms with Gasteiger partial charge >= 0.3 is 0 Å². The molecular weight excluding hydrogens is 368 g/mol. The zero-order chi connectivity index (χ0) is 21.7. The molecule has 0 aromatic heterocycles. The van der Waals surface area contributed by atoms with E-state index >= 15 is 0 Å². The van der Waals surface area contributed by atoms with Gasteiger partial charge in [0.2, 0.25) is 0 Å². The molecule has 0 saturated heterocycles. The molecule has 0 heterocycles. The van der Waals surface area contributed by atoms with Crippen molar-refractivity contribution in [1.82, 2.24) is 0 Å². The van der Waals surface area contributed by atoms with E-state index in [-0.39, 0.29) is 16.9 Å². The van der Waals surface area contributed by atoms with Crippen molar-refractivity contribution in [3.63, 3.8) is 0 Å². The highest BCUT2D eigenvalue weighted by molar-refractivity contribution is 5.61. The van der Waals surface area contributed by atoms with Crippen LogP contribution in [-0.2, 0) is 4.79 Å². The third kappa shape index (κ3) is 2.33. The molecule has 0 aromatic carbocycles. The van der Waals surface area contributed by atoms with Gasteiger partial charge < -0.3 is 9.90 Å². The first-order valence-corrected chi connectivity index (χ1v) is 13.1. The Morgan fingerprint density at radius 1 is 0.767 bits per heavy atom. The molecule has 5 aliphatic carbocycles. The molecule has 0 spiro atoms. The maximum absolute atomic E-state index is 12.4. The van der Waals surface area contributed by atoms with Crippen LogP contribution in [0.5, 0.6) is 0 Å². The highest BCUT2D eigenvalue weighted by Gasteiger charge is 2.70. The van der Waals surface area contributed by atoms with Crippen LogP contribution in [-0.4, -0.2) is 17.5 Å². The quantitative estimate of drug-likeness (QED) is 0.488. The van der Waals surface area contributed by atoms with Gasteiger partial charge in [-0.05, 0) is 115 Å². The second kappa shape index (κ2) is 6.36. The Kier molecular flexibility index (Phi) is 4.55. The zero-order valence-corrected chi connectivity index (χ0v) is 20.5. The lowest BCUT2D eigenvalue weighted by Gasteiger charge is -2.72. The molecule has 0 radical (unpaired) electrons. The van der Waals surface area contributed by atoms with E-state index in [4.69, 9.17) is 0 Å². The summed E-state index contributed by atoms with van der Waals surface area (Å²) in [6.07, 6.45) is 13.5. The number of hydrogen-bond acceptors (Lipinski definition) is 2. The largest absolute Gasteiger partial charge is 0.393 e. The lowest BCUT2D eigenvalue weighted by atomic mass is 9.32. The van der Waals surface area contributed by atoms with Gasteiger partial charge in [-0.25, -0.2) is 0 Å². The van der Waals surface area contributed by atoms with Gasteiger partial charge in [-0.1, -0.05) is 41.5 Å². The molecule has 10 atom stereocenters. The van der Waals surface area contributed by atoms with Gasteiger partial charge in [-0.15, -0.1) is 0 Å². The third-order valence-electron chi connectivity index (χ3n) is 13.0.